The molecule has 0 saturated heterocycles. The number of halogens is 1. The van der Waals surface area contributed by atoms with Gasteiger partial charge >= 0.3 is 0 Å². The lowest BCUT2D eigenvalue weighted by Gasteiger charge is -2.32. The van der Waals surface area contributed by atoms with Crippen LogP contribution in [-0.4, -0.2) is 32.6 Å². The minimum atomic E-state index is -0.446. The molecule has 3 aromatic rings. The van der Waals surface area contributed by atoms with Crippen molar-refractivity contribution in [3.63, 3.8) is 0 Å². The van der Waals surface area contributed by atoms with Gasteiger partial charge in [0.15, 0.2) is 0 Å². The quantitative estimate of drug-likeness (QED) is 0.637. The van der Waals surface area contributed by atoms with Crippen LogP contribution in [0.5, 0.6) is 5.75 Å². The highest BCUT2D eigenvalue weighted by Gasteiger charge is 2.37. The Morgan fingerprint density at radius 3 is 2.62 bits per heavy atom. The van der Waals surface area contributed by atoms with Crippen LogP contribution in [0.4, 0.5) is 5.69 Å². The molecule has 29 heavy (non-hydrogen) atoms. The fraction of sp³-hybridized carbons (Fsp3) is 0.250. The zero-order valence-electron chi connectivity index (χ0n) is 15.9. The van der Waals surface area contributed by atoms with Crippen LogP contribution in [0.25, 0.3) is 0 Å². The summed E-state index contributed by atoms with van der Waals surface area (Å²) in [5, 5.41) is 12.1. The van der Waals surface area contributed by atoms with E-state index < -0.39 is 5.25 Å². The summed E-state index contributed by atoms with van der Waals surface area (Å²) in [5.74, 6) is 1.37. The van der Waals surface area contributed by atoms with E-state index in [-0.39, 0.29) is 11.9 Å². The number of thioether (sulfide) groups is 1. The second-order valence-corrected chi connectivity index (χ2v) is 8.05. The van der Waals surface area contributed by atoms with Crippen LogP contribution < -0.4 is 15.5 Å². The molecule has 0 saturated carbocycles. The van der Waals surface area contributed by atoms with E-state index in [4.69, 9.17) is 16.3 Å². The van der Waals surface area contributed by atoms with E-state index in [0.29, 0.717) is 22.5 Å². The third-order valence-corrected chi connectivity index (χ3v) is 5.99. The van der Waals surface area contributed by atoms with Crippen molar-refractivity contribution in [1.29, 1.82) is 0 Å². The van der Waals surface area contributed by atoms with Crippen LogP contribution in [-0.2, 0) is 4.79 Å². The third-order valence-electron chi connectivity index (χ3n) is 4.52. The van der Waals surface area contributed by atoms with Gasteiger partial charge in [-0.3, -0.25) is 4.79 Å². The Morgan fingerprint density at radius 2 is 1.93 bits per heavy atom. The lowest BCUT2D eigenvalue weighted by atomic mass is 10.0. The molecule has 2 heterocycles. The molecule has 9 heteroatoms. The van der Waals surface area contributed by atoms with Crippen LogP contribution in [0.3, 0.4) is 0 Å². The van der Waals surface area contributed by atoms with Crippen molar-refractivity contribution in [3.8, 4) is 5.75 Å². The average molecular weight is 430 g/mol. The molecule has 0 radical (unpaired) electrons. The van der Waals surface area contributed by atoms with Crippen molar-refractivity contribution in [1.82, 2.24) is 14.9 Å². The largest absolute Gasteiger partial charge is 0.494 e. The zero-order valence-corrected chi connectivity index (χ0v) is 17.5. The molecule has 2 atom stereocenters. The Kier molecular flexibility index (Phi) is 5.64. The van der Waals surface area contributed by atoms with Gasteiger partial charge in [0.25, 0.3) is 0 Å². The van der Waals surface area contributed by atoms with Gasteiger partial charge in [-0.15, -0.1) is 10.2 Å². The second-order valence-electron chi connectivity index (χ2n) is 6.51. The number of benzene rings is 2. The number of nitrogens with one attached hydrogen (secondary N) is 2. The van der Waals surface area contributed by atoms with Crippen molar-refractivity contribution in [3.05, 3.63) is 64.9 Å². The lowest BCUT2D eigenvalue weighted by Crippen LogP contribution is -2.41. The van der Waals surface area contributed by atoms with E-state index in [1.54, 1.807) is 0 Å². The molecule has 150 valence electrons. The average Bonchev–Trinajstić information content (AvgIpc) is 3.09. The van der Waals surface area contributed by atoms with Crippen molar-refractivity contribution < 1.29 is 9.53 Å². The van der Waals surface area contributed by atoms with Crippen LogP contribution >= 0.6 is 23.4 Å². The molecule has 0 fully saturated rings. The smallest absolute Gasteiger partial charge is 0.240 e. The third kappa shape index (κ3) is 4.18. The number of carbonyl (C=O) groups is 1. The van der Waals surface area contributed by atoms with Crippen LogP contribution in [0.15, 0.2) is 53.7 Å². The Morgan fingerprint density at radius 1 is 1.21 bits per heavy atom. The molecule has 0 aliphatic carbocycles. The first kappa shape index (κ1) is 19.6. The number of rotatable bonds is 5. The van der Waals surface area contributed by atoms with E-state index in [0.717, 1.165) is 17.1 Å². The summed E-state index contributed by atoms with van der Waals surface area (Å²) >= 11 is 7.42. The predicted octanol–water partition coefficient (Wildman–Crippen LogP) is 4.04. The van der Waals surface area contributed by atoms with Gasteiger partial charge in [-0.25, -0.2) is 4.68 Å². The standard InChI is InChI=1S/C20H20ClN5O2S/c1-3-28-16-10-8-15(9-11-16)22-19(27)18-17(13-4-6-14(21)7-5-13)25-26-12(2)23-24-20(26)29-18/h4-11,17-18,25H,3H2,1-2H3,(H,22,27)/t17-,18-/m0/s1. The zero-order chi connectivity index (χ0) is 20.4. The van der Waals surface area contributed by atoms with E-state index in [2.05, 4.69) is 20.9 Å². The molecule has 1 amide bonds. The van der Waals surface area contributed by atoms with Gasteiger partial charge in [0, 0.05) is 10.7 Å². The summed E-state index contributed by atoms with van der Waals surface area (Å²) in [6.45, 7) is 4.39. The number of carbonyl (C=O) groups excluding carboxylic acids is 1. The van der Waals surface area contributed by atoms with Gasteiger partial charge in [-0.05, 0) is 55.8 Å². The fourth-order valence-electron chi connectivity index (χ4n) is 3.10. The maximum absolute atomic E-state index is 13.2. The molecule has 7 nitrogen and oxygen atoms in total. The number of fused-ring (bicyclic) bond motifs is 1. The first-order valence-electron chi connectivity index (χ1n) is 9.19. The highest BCUT2D eigenvalue weighted by atomic mass is 35.5. The van der Waals surface area contributed by atoms with E-state index in [1.165, 1.54) is 11.8 Å². The summed E-state index contributed by atoms with van der Waals surface area (Å²) in [6.07, 6.45) is 0. The second kappa shape index (κ2) is 8.34. The summed E-state index contributed by atoms with van der Waals surface area (Å²) in [7, 11) is 0. The topological polar surface area (TPSA) is 81.1 Å². The molecule has 4 rings (SSSR count). The number of aryl methyl sites for hydroxylation is 1. The first-order valence-corrected chi connectivity index (χ1v) is 10.5. The molecule has 0 spiro atoms. The summed E-state index contributed by atoms with van der Waals surface area (Å²) < 4.78 is 7.26. The molecule has 1 aliphatic heterocycles. The summed E-state index contributed by atoms with van der Waals surface area (Å²) in [4.78, 5) is 13.2. The minimum Gasteiger partial charge on any atom is -0.494 e. The number of anilines is 1. The first-order chi connectivity index (χ1) is 14.0. The number of aromatic nitrogens is 3. The number of nitrogens with zero attached hydrogens (tertiary/aromatic N) is 3. The maximum atomic E-state index is 13.2. The van der Waals surface area contributed by atoms with Gasteiger partial charge in [-0.2, -0.15) is 0 Å². The number of ether oxygens (including phenoxy) is 1. The van der Waals surface area contributed by atoms with E-state index in [1.807, 2.05) is 67.1 Å². The predicted molar refractivity (Wildman–Crippen MR) is 114 cm³/mol. The Labute approximate surface area is 177 Å². The van der Waals surface area contributed by atoms with Crippen LogP contribution in [0, 0.1) is 6.92 Å². The Balaban J connectivity index is 1.59. The monoisotopic (exact) mass is 429 g/mol. The SMILES string of the molecule is CCOc1ccc(NC(=O)[C@H]2Sc3nnc(C)n3N[C@H]2c2ccc(Cl)cc2)cc1. The van der Waals surface area contributed by atoms with Gasteiger partial charge in [-0.1, -0.05) is 35.5 Å². The van der Waals surface area contributed by atoms with Crippen LogP contribution in [0.1, 0.15) is 24.4 Å². The minimum absolute atomic E-state index is 0.126. The molecule has 2 N–H and O–H groups in total. The molecule has 2 aromatic carbocycles. The maximum Gasteiger partial charge on any atom is 0.240 e. The lowest BCUT2D eigenvalue weighted by molar-refractivity contribution is -0.116. The molecular formula is C20H20ClN5O2S. The van der Waals surface area contributed by atoms with Gasteiger partial charge in [0.1, 0.15) is 16.8 Å². The van der Waals surface area contributed by atoms with Gasteiger partial charge in [0.05, 0.1) is 12.6 Å². The number of hydrogen-bond acceptors (Lipinski definition) is 6. The van der Waals surface area contributed by atoms with Gasteiger partial charge < -0.3 is 15.5 Å². The molecule has 0 bridgehead atoms. The molecular weight excluding hydrogens is 410 g/mol. The van der Waals surface area contributed by atoms with Gasteiger partial charge in [0.2, 0.25) is 11.1 Å². The molecule has 1 aromatic heterocycles. The number of hydrogen-bond donors (Lipinski definition) is 2. The highest BCUT2D eigenvalue weighted by Crippen LogP contribution is 2.37. The Hall–Kier alpha value is -2.71. The normalized spacial score (nSPS) is 17.9. The van der Waals surface area contributed by atoms with E-state index >= 15 is 0 Å². The molecule has 1 aliphatic rings. The van der Waals surface area contributed by atoms with Crippen molar-refractivity contribution in [2.75, 3.05) is 17.3 Å². The molecule has 0 unspecified atom stereocenters. The van der Waals surface area contributed by atoms with Crippen LogP contribution in [0.2, 0.25) is 5.02 Å². The van der Waals surface area contributed by atoms with Crippen molar-refractivity contribution in [2.24, 2.45) is 0 Å². The highest BCUT2D eigenvalue weighted by molar-refractivity contribution is 8.00. The van der Waals surface area contributed by atoms with Crippen molar-refractivity contribution >= 4 is 35.0 Å². The van der Waals surface area contributed by atoms with E-state index in [9.17, 15) is 4.79 Å². The fourth-order valence-corrected chi connectivity index (χ4v) is 4.35. The number of amides is 1. The summed E-state index contributed by atoms with van der Waals surface area (Å²) in [5.41, 5.74) is 5.03. The Bertz CT molecular complexity index is 1010. The van der Waals surface area contributed by atoms with Crippen molar-refractivity contribution in [2.45, 2.75) is 30.3 Å². The summed E-state index contributed by atoms with van der Waals surface area (Å²) in [6, 6.07) is 14.5.